The SMILES string of the molecule is CC(C)c1noc(-c2ccccc2NC(=O)N(Cc2ccc(C(=O)NCCC(=O)O)cc2)c2ccc(C3CCCCC3)cc2)n1. The summed E-state index contributed by atoms with van der Waals surface area (Å²) in [6.07, 6.45) is 5.99. The van der Waals surface area contributed by atoms with Gasteiger partial charge in [-0.15, -0.1) is 0 Å². The molecule has 5 rings (SSSR count). The van der Waals surface area contributed by atoms with Crippen molar-refractivity contribution in [2.24, 2.45) is 0 Å². The molecule has 234 valence electrons. The Hall–Kier alpha value is -4.99. The first-order valence-corrected chi connectivity index (χ1v) is 15.5. The van der Waals surface area contributed by atoms with Gasteiger partial charge in [0.1, 0.15) is 0 Å². The number of benzene rings is 3. The number of hydrogen-bond acceptors (Lipinski definition) is 6. The van der Waals surface area contributed by atoms with Crippen LogP contribution >= 0.6 is 0 Å². The molecule has 0 unspecified atom stereocenters. The van der Waals surface area contributed by atoms with Gasteiger partial charge < -0.3 is 20.3 Å². The smallest absolute Gasteiger partial charge is 0.326 e. The van der Waals surface area contributed by atoms with Crippen molar-refractivity contribution < 1.29 is 24.0 Å². The highest BCUT2D eigenvalue weighted by molar-refractivity contribution is 6.03. The molecule has 0 saturated heterocycles. The Morgan fingerprint density at radius 1 is 0.956 bits per heavy atom. The number of urea groups is 1. The second kappa shape index (κ2) is 14.7. The number of aliphatic carboxylic acids is 1. The number of carbonyl (C=O) groups excluding carboxylic acids is 2. The van der Waals surface area contributed by atoms with Crippen LogP contribution in [-0.4, -0.2) is 39.7 Å². The van der Waals surface area contributed by atoms with Crippen LogP contribution in [0.15, 0.2) is 77.3 Å². The normalized spacial score (nSPS) is 13.4. The zero-order valence-electron chi connectivity index (χ0n) is 25.7. The third-order valence-corrected chi connectivity index (χ3v) is 8.06. The highest BCUT2D eigenvalue weighted by atomic mass is 16.5. The highest BCUT2D eigenvalue weighted by Gasteiger charge is 2.22. The van der Waals surface area contributed by atoms with Gasteiger partial charge in [0.2, 0.25) is 0 Å². The van der Waals surface area contributed by atoms with Crippen molar-refractivity contribution in [3.8, 4) is 11.5 Å². The van der Waals surface area contributed by atoms with Crippen LogP contribution in [0.4, 0.5) is 16.2 Å². The molecule has 1 heterocycles. The number of nitrogens with zero attached hydrogens (tertiary/aromatic N) is 3. The molecule has 0 atom stereocenters. The molecular formula is C35H39N5O5. The molecule has 3 N–H and O–H groups in total. The van der Waals surface area contributed by atoms with E-state index in [1.54, 1.807) is 35.2 Å². The average Bonchev–Trinajstić information content (AvgIpc) is 3.55. The molecule has 10 nitrogen and oxygen atoms in total. The Morgan fingerprint density at radius 3 is 2.33 bits per heavy atom. The molecule has 0 spiro atoms. The van der Waals surface area contributed by atoms with E-state index in [-0.39, 0.29) is 37.4 Å². The van der Waals surface area contributed by atoms with Gasteiger partial charge in [0.15, 0.2) is 5.82 Å². The monoisotopic (exact) mass is 609 g/mol. The molecule has 0 bridgehead atoms. The maximum atomic E-state index is 14.0. The molecular weight excluding hydrogens is 570 g/mol. The lowest BCUT2D eigenvalue weighted by Gasteiger charge is -2.26. The van der Waals surface area contributed by atoms with Gasteiger partial charge in [0, 0.05) is 23.7 Å². The van der Waals surface area contributed by atoms with Gasteiger partial charge in [-0.2, -0.15) is 4.98 Å². The van der Waals surface area contributed by atoms with E-state index < -0.39 is 5.97 Å². The molecule has 1 aliphatic carbocycles. The molecule has 0 radical (unpaired) electrons. The Labute approximate surface area is 262 Å². The number of carbonyl (C=O) groups is 3. The summed E-state index contributed by atoms with van der Waals surface area (Å²) in [6.45, 7) is 4.26. The summed E-state index contributed by atoms with van der Waals surface area (Å²) in [7, 11) is 0. The summed E-state index contributed by atoms with van der Waals surface area (Å²) in [4.78, 5) is 43.4. The lowest BCUT2D eigenvalue weighted by molar-refractivity contribution is -0.136. The number of aromatic nitrogens is 2. The molecule has 1 fully saturated rings. The topological polar surface area (TPSA) is 138 Å². The molecule has 1 aliphatic rings. The fourth-order valence-electron chi connectivity index (χ4n) is 5.51. The van der Waals surface area contributed by atoms with E-state index in [4.69, 9.17) is 9.63 Å². The number of para-hydroxylation sites is 1. The van der Waals surface area contributed by atoms with Crippen molar-refractivity contribution in [1.29, 1.82) is 0 Å². The Balaban J connectivity index is 1.38. The average molecular weight is 610 g/mol. The van der Waals surface area contributed by atoms with E-state index in [2.05, 4.69) is 32.9 Å². The van der Waals surface area contributed by atoms with Crippen molar-refractivity contribution >= 4 is 29.3 Å². The predicted molar refractivity (Wildman–Crippen MR) is 172 cm³/mol. The quantitative estimate of drug-likeness (QED) is 0.162. The Kier molecular flexibility index (Phi) is 10.2. The van der Waals surface area contributed by atoms with Crippen molar-refractivity contribution in [2.45, 2.75) is 70.8 Å². The van der Waals surface area contributed by atoms with Crippen LogP contribution in [0.2, 0.25) is 0 Å². The van der Waals surface area contributed by atoms with E-state index in [0.717, 1.165) is 11.3 Å². The first-order chi connectivity index (χ1) is 21.8. The van der Waals surface area contributed by atoms with E-state index in [1.807, 2.05) is 44.2 Å². The van der Waals surface area contributed by atoms with Crippen LogP contribution in [0, 0.1) is 0 Å². The maximum Gasteiger partial charge on any atom is 0.326 e. The molecule has 45 heavy (non-hydrogen) atoms. The van der Waals surface area contributed by atoms with Crippen molar-refractivity contribution in [2.75, 3.05) is 16.8 Å². The van der Waals surface area contributed by atoms with Gasteiger partial charge in [0.05, 0.1) is 24.2 Å². The minimum absolute atomic E-state index is 0.0462. The largest absolute Gasteiger partial charge is 0.481 e. The summed E-state index contributed by atoms with van der Waals surface area (Å²) in [6, 6.07) is 22.1. The molecule has 0 aliphatic heterocycles. The van der Waals surface area contributed by atoms with E-state index >= 15 is 0 Å². The summed E-state index contributed by atoms with van der Waals surface area (Å²) in [5.74, 6) is 0.226. The second-order valence-electron chi connectivity index (χ2n) is 11.7. The van der Waals surface area contributed by atoms with Crippen LogP contribution in [0.1, 0.15) is 91.5 Å². The molecule has 1 saturated carbocycles. The molecule has 3 aromatic carbocycles. The predicted octanol–water partition coefficient (Wildman–Crippen LogP) is 7.35. The van der Waals surface area contributed by atoms with Crippen LogP contribution in [0.25, 0.3) is 11.5 Å². The van der Waals surface area contributed by atoms with E-state index in [1.165, 1.54) is 37.7 Å². The number of hydrogen-bond donors (Lipinski definition) is 3. The zero-order chi connectivity index (χ0) is 31.8. The molecule has 1 aromatic heterocycles. The van der Waals surface area contributed by atoms with Gasteiger partial charge in [-0.1, -0.05) is 74.7 Å². The van der Waals surface area contributed by atoms with Gasteiger partial charge >= 0.3 is 12.0 Å². The Bertz CT molecular complexity index is 1610. The van der Waals surface area contributed by atoms with Crippen LogP contribution < -0.4 is 15.5 Å². The third kappa shape index (κ3) is 8.14. The molecule has 3 amide bonds. The maximum absolute atomic E-state index is 14.0. The number of carboxylic acids is 1. The van der Waals surface area contributed by atoms with Gasteiger partial charge in [-0.05, 0) is 66.3 Å². The second-order valence-corrected chi connectivity index (χ2v) is 11.7. The number of anilines is 2. The standard InChI is InChI=1S/C35H39N5O5/c1-23(2)32-38-34(45-39-32)29-10-6-7-11-30(29)37-35(44)40(28-18-16-26(17-19-28)25-8-4-3-5-9-25)22-24-12-14-27(15-13-24)33(43)36-21-20-31(41)42/h6-7,10-19,23,25H,3-5,8-9,20-22H2,1-2H3,(H,36,43)(H,37,44)(H,41,42). The van der Waals surface area contributed by atoms with Gasteiger partial charge in [-0.25, -0.2) is 4.79 Å². The summed E-state index contributed by atoms with van der Waals surface area (Å²) < 4.78 is 5.52. The third-order valence-electron chi connectivity index (χ3n) is 8.06. The molecule has 10 heteroatoms. The van der Waals surface area contributed by atoms with Crippen LogP contribution in [0.3, 0.4) is 0 Å². The minimum atomic E-state index is -0.976. The highest BCUT2D eigenvalue weighted by Crippen LogP contribution is 2.34. The summed E-state index contributed by atoms with van der Waals surface area (Å²) in [5.41, 5.74) is 4.41. The van der Waals surface area contributed by atoms with Crippen molar-refractivity contribution in [3.63, 3.8) is 0 Å². The zero-order valence-corrected chi connectivity index (χ0v) is 25.7. The van der Waals surface area contributed by atoms with Gasteiger partial charge in [0.25, 0.3) is 11.8 Å². The molecule has 4 aromatic rings. The lowest BCUT2D eigenvalue weighted by Crippen LogP contribution is -2.34. The van der Waals surface area contributed by atoms with E-state index in [9.17, 15) is 14.4 Å². The number of rotatable bonds is 11. The van der Waals surface area contributed by atoms with E-state index in [0.29, 0.717) is 34.4 Å². The first kappa shape index (κ1) is 31.4. The number of amides is 3. The van der Waals surface area contributed by atoms with Crippen molar-refractivity contribution in [1.82, 2.24) is 15.5 Å². The number of nitrogens with one attached hydrogen (secondary N) is 2. The summed E-state index contributed by atoms with van der Waals surface area (Å²) >= 11 is 0. The summed E-state index contributed by atoms with van der Waals surface area (Å²) in [5, 5.41) is 18.6. The van der Waals surface area contributed by atoms with Gasteiger partial charge in [-0.3, -0.25) is 14.5 Å². The minimum Gasteiger partial charge on any atom is -0.481 e. The fourth-order valence-corrected chi connectivity index (χ4v) is 5.51. The van der Waals surface area contributed by atoms with Crippen LogP contribution in [0.5, 0.6) is 0 Å². The Morgan fingerprint density at radius 2 is 1.67 bits per heavy atom. The fraction of sp³-hybridized carbons (Fsp3) is 0.343. The van der Waals surface area contributed by atoms with Crippen LogP contribution in [-0.2, 0) is 11.3 Å². The first-order valence-electron chi connectivity index (χ1n) is 15.5. The number of carboxylic acid groups (broad SMARTS) is 1. The van der Waals surface area contributed by atoms with Crippen molar-refractivity contribution in [3.05, 3.63) is 95.3 Å². The lowest BCUT2D eigenvalue weighted by atomic mass is 9.84.